The summed E-state index contributed by atoms with van der Waals surface area (Å²) in [5.41, 5.74) is 2.63. The largest absolute Gasteiger partial charge is 0.493 e. The van der Waals surface area contributed by atoms with Crippen LogP contribution in [-0.4, -0.2) is 67.1 Å². The Morgan fingerprint density at radius 3 is 2.68 bits per heavy atom. The molecule has 4 rings (SSSR count). The van der Waals surface area contributed by atoms with E-state index in [1.54, 1.807) is 0 Å². The Morgan fingerprint density at radius 2 is 1.87 bits per heavy atom. The van der Waals surface area contributed by atoms with Crippen LogP contribution in [0.2, 0.25) is 0 Å². The Hall–Kier alpha value is -2.28. The van der Waals surface area contributed by atoms with Crippen molar-refractivity contribution in [2.45, 2.75) is 64.0 Å². The molecular weight excluding hydrogens is 392 g/mol. The normalized spacial score (nSPS) is 19.5. The lowest BCUT2D eigenvalue weighted by molar-refractivity contribution is -0.133. The number of piperazine rings is 1. The summed E-state index contributed by atoms with van der Waals surface area (Å²) in [6, 6.07) is 6.72. The maximum atomic E-state index is 12.5. The highest BCUT2D eigenvalue weighted by atomic mass is 16.5. The molecule has 1 aromatic rings. The molecule has 0 atom stereocenters. The van der Waals surface area contributed by atoms with E-state index in [0.717, 1.165) is 64.3 Å². The quantitative estimate of drug-likeness (QED) is 0.655. The smallest absolute Gasteiger partial charge is 0.315 e. The molecule has 1 saturated carbocycles. The first-order valence-corrected chi connectivity index (χ1v) is 12.0. The number of nitrogens with one attached hydrogen (secondary N) is 2. The molecular formula is C24H36N4O3. The second-order valence-corrected chi connectivity index (χ2v) is 9.04. The topological polar surface area (TPSA) is 73.9 Å². The van der Waals surface area contributed by atoms with Crippen LogP contribution in [0.1, 0.15) is 56.1 Å². The molecule has 1 aliphatic carbocycles. The highest BCUT2D eigenvalue weighted by molar-refractivity contribution is 5.76. The Bertz CT molecular complexity index is 755. The van der Waals surface area contributed by atoms with Gasteiger partial charge in [-0.15, -0.1) is 0 Å². The first-order valence-electron chi connectivity index (χ1n) is 12.0. The van der Waals surface area contributed by atoms with Gasteiger partial charge in [0, 0.05) is 58.2 Å². The number of urea groups is 1. The van der Waals surface area contributed by atoms with Crippen molar-refractivity contribution >= 4 is 11.9 Å². The molecule has 170 valence electrons. The van der Waals surface area contributed by atoms with Gasteiger partial charge >= 0.3 is 6.03 Å². The molecule has 2 aliphatic heterocycles. The number of carbonyl (C=O) groups excluding carboxylic acids is 2. The summed E-state index contributed by atoms with van der Waals surface area (Å²) in [4.78, 5) is 28.9. The number of benzene rings is 1. The summed E-state index contributed by atoms with van der Waals surface area (Å²) in [6.45, 7) is 5.63. The van der Waals surface area contributed by atoms with Gasteiger partial charge in [0.2, 0.25) is 5.91 Å². The van der Waals surface area contributed by atoms with Gasteiger partial charge in [0.15, 0.2) is 0 Å². The van der Waals surface area contributed by atoms with Crippen LogP contribution in [0.4, 0.5) is 4.79 Å². The lowest BCUT2D eigenvalue weighted by Gasteiger charge is -2.35. The fraction of sp³-hybridized carbons (Fsp3) is 0.667. The summed E-state index contributed by atoms with van der Waals surface area (Å²) in [5.74, 6) is 1.23. The summed E-state index contributed by atoms with van der Waals surface area (Å²) in [5, 5.41) is 5.95. The highest BCUT2D eigenvalue weighted by Gasteiger charge is 2.22. The predicted molar refractivity (Wildman–Crippen MR) is 120 cm³/mol. The number of amides is 3. The van der Waals surface area contributed by atoms with Crippen LogP contribution < -0.4 is 15.4 Å². The molecule has 2 heterocycles. The summed E-state index contributed by atoms with van der Waals surface area (Å²) in [7, 11) is 0. The number of nitrogens with zero attached hydrogens (tertiary/aromatic N) is 2. The monoisotopic (exact) mass is 428 g/mol. The zero-order valence-corrected chi connectivity index (χ0v) is 18.5. The van der Waals surface area contributed by atoms with E-state index in [0.29, 0.717) is 25.4 Å². The molecule has 3 aliphatic rings. The number of hydrogen-bond donors (Lipinski definition) is 2. The van der Waals surface area contributed by atoms with E-state index < -0.39 is 0 Å². The third-order valence-electron chi connectivity index (χ3n) is 6.68. The second kappa shape index (κ2) is 10.8. The lowest BCUT2D eigenvalue weighted by atomic mass is 9.96. The minimum absolute atomic E-state index is 0.0916. The van der Waals surface area contributed by atoms with Gasteiger partial charge < -0.3 is 20.3 Å². The van der Waals surface area contributed by atoms with Crippen molar-refractivity contribution in [2.24, 2.45) is 0 Å². The Morgan fingerprint density at radius 1 is 1.06 bits per heavy atom. The van der Waals surface area contributed by atoms with Gasteiger partial charge in [-0.1, -0.05) is 31.4 Å². The van der Waals surface area contributed by atoms with Gasteiger partial charge in [-0.05, 0) is 36.5 Å². The summed E-state index contributed by atoms with van der Waals surface area (Å²) < 4.78 is 5.59. The SMILES string of the molecule is O=C(NCCCC(=O)N1CCN(Cc2ccc3c(c2)CCO3)CC1)NC1CCCCC1. The molecule has 7 nitrogen and oxygen atoms in total. The maximum absolute atomic E-state index is 12.5. The van der Waals surface area contributed by atoms with Crippen LogP contribution in [0.5, 0.6) is 5.75 Å². The van der Waals surface area contributed by atoms with E-state index >= 15 is 0 Å². The van der Waals surface area contributed by atoms with Crippen LogP contribution in [-0.2, 0) is 17.8 Å². The lowest BCUT2D eigenvalue weighted by Crippen LogP contribution is -2.48. The number of fused-ring (bicyclic) bond motifs is 1. The van der Waals surface area contributed by atoms with Crippen LogP contribution in [0.3, 0.4) is 0 Å². The fourth-order valence-electron chi connectivity index (χ4n) is 4.83. The van der Waals surface area contributed by atoms with Gasteiger partial charge in [0.25, 0.3) is 0 Å². The van der Waals surface area contributed by atoms with Crippen LogP contribution in [0.25, 0.3) is 0 Å². The Balaban J connectivity index is 1.09. The predicted octanol–water partition coefficient (Wildman–Crippen LogP) is 2.68. The van der Waals surface area contributed by atoms with Gasteiger partial charge in [-0.3, -0.25) is 9.69 Å². The number of carbonyl (C=O) groups is 2. The number of hydrogen-bond acceptors (Lipinski definition) is 4. The van der Waals surface area contributed by atoms with Crippen molar-refractivity contribution in [3.63, 3.8) is 0 Å². The van der Waals surface area contributed by atoms with Gasteiger partial charge in [0.05, 0.1) is 6.61 Å². The van der Waals surface area contributed by atoms with Gasteiger partial charge in [-0.2, -0.15) is 0 Å². The van der Waals surface area contributed by atoms with Crippen molar-refractivity contribution in [1.82, 2.24) is 20.4 Å². The van der Waals surface area contributed by atoms with E-state index in [-0.39, 0.29) is 11.9 Å². The fourth-order valence-corrected chi connectivity index (χ4v) is 4.83. The molecule has 1 saturated heterocycles. The van der Waals surface area contributed by atoms with Crippen molar-refractivity contribution in [2.75, 3.05) is 39.3 Å². The van der Waals surface area contributed by atoms with Crippen LogP contribution >= 0.6 is 0 Å². The van der Waals surface area contributed by atoms with Gasteiger partial charge in [-0.25, -0.2) is 4.79 Å². The minimum Gasteiger partial charge on any atom is -0.493 e. The number of rotatable bonds is 7. The molecule has 0 unspecified atom stereocenters. The van der Waals surface area contributed by atoms with Crippen molar-refractivity contribution < 1.29 is 14.3 Å². The molecule has 3 amide bonds. The molecule has 2 fully saturated rings. The first-order chi connectivity index (χ1) is 15.2. The molecule has 1 aromatic carbocycles. The van der Waals surface area contributed by atoms with E-state index in [4.69, 9.17) is 4.74 Å². The average Bonchev–Trinajstić information content (AvgIpc) is 3.26. The van der Waals surface area contributed by atoms with E-state index in [1.165, 1.54) is 30.4 Å². The number of ether oxygens (including phenoxy) is 1. The molecule has 0 radical (unpaired) electrons. The summed E-state index contributed by atoms with van der Waals surface area (Å²) >= 11 is 0. The molecule has 7 heteroatoms. The van der Waals surface area contributed by atoms with E-state index in [1.807, 2.05) is 4.90 Å². The average molecular weight is 429 g/mol. The maximum Gasteiger partial charge on any atom is 0.315 e. The molecule has 0 bridgehead atoms. The zero-order chi connectivity index (χ0) is 21.5. The molecule has 31 heavy (non-hydrogen) atoms. The molecule has 0 spiro atoms. The Labute approximate surface area is 185 Å². The standard InChI is InChI=1S/C24H36N4O3/c29-23(7-4-11-25-24(30)26-21-5-2-1-3-6-21)28-14-12-27(13-15-28)18-19-8-9-22-20(17-19)10-16-31-22/h8-9,17,21H,1-7,10-16,18H2,(H2,25,26,30). The third kappa shape index (κ3) is 6.35. The third-order valence-corrected chi connectivity index (χ3v) is 6.68. The van der Waals surface area contributed by atoms with E-state index in [2.05, 4.69) is 33.7 Å². The van der Waals surface area contributed by atoms with Crippen molar-refractivity contribution in [3.8, 4) is 5.75 Å². The first kappa shape index (κ1) is 21.9. The van der Waals surface area contributed by atoms with Gasteiger partial charge in [0.1, 0.15) is 5.75 Å². The van der Waals surface area contributed by atoms with Crippen LogP contribution in [0.15, 0.2) is 18.2 Å². The molecule has 0 aromatic heterocycles. The van der Waals surface area contributed by atoms with Crippen molar-refractivity contribution in [1.29, 1.82) is 0 Å². The van der Waals surface area contributed by atoms with Crippen LogP contribution in [0, 0.1) is 0 Å². The Kier molecular flexibility index (Phi) is 7.67. The zero-order valence-electron chi connectivity index (χ0n) is 18.5. The van der Waals surface area contributed by atoms with E-state index in [9.17, 15) is 9.59 Å². The second-order valence-electron chi connectivity index (χ2n) is 9.04. The molecule has 2 N–H and O–H groups in total. The van der Waals surface area contributed by atoms with Crippen molar-refractivity contribution in [3.05, 3.63) is 29.3 Å². The highest BCUT2D eigenvalue weighted by Crippen LogP contribution is 2.26. The summed E-state index contributed by atoms with van der Waals surface area (Å²) in [6.07, 6.45) is 8.03. The minimum atomic E-state index is -0.0916.